The van der Waals surface area contributed by atoms with Crippen LogP contribution in [0.15, 0.2) is 41.5 Å². The van der Waals surface area contributed by atoms with E-state index in [-0.39, 0.29) is 5.60 Å². The molecule has 2 aromatic heterocycles. The SMILES string of the molecule is O=C(O)C(F)(F)F.c1coc(CN2CCOCC3(CC(Cn4ccnc4)CO3)C2)c1. The van der Waals surface area contributed by atoms with Crippen LogP contribution in [-0.4, -0.2) is 70.2 Å². The largest absolute Gasteiger partial charge is 0.490 e. The van der Waals surface area contributed by atoms with E-state index in [0.29, 0.717) is 12.5 Å². The molecule has 2 saturated heterocycles. The number of furan rings is 1. The van der Waals surface area contributed by atoms with Crippen molar-refractivity contribution in [2.75, 3.05) is 32.9 Å². The molecule has 8 nitrogen and oxygen atoms in total. The van der Waals surface area contributed by atoms with Gasteiger partial charge in [-0.1, -0.05) is 0 Å². The third-order valence-corrected chi connectivity index (χ3v) is 4.94. The van der Waals surface area contributed by atoms with Gasteiger partial charge in [0.05, 0.1) is 39.0 Å². The summed E-state index contributed by atoms with van der Waals surface area (Å²) in [6, 6.07) is 3.96. The second-order valence-corrected chi connectivity index (χ2v) is 7.47. The maximum atomic E-state index is 10.6. The van der Waals surface area contributed by atoms with Crippen LogP contribution < -0.4 is 0 Å². The van der Waals surface area contributed by atoms with Gasteiger partial charge in [0.1, 0.15) is 11.4 Å². The summed E-state index contributed by atoms with van der Waals surface area (Å²) in [5, 5.41) is 7.12. The Kier molecular flexibility index (Phi) is 7.16. The number of nitrogens with zero attached hydrogens (tertiary/aromatic N) is 3. The average molecular weight is 431 g/mol. The third kappa shape index (κ3) is 6.31. The molecule has 4 rings (SSSR count). The fourth-order valence-corrected chi connectivity index (χ4v) is 3.70. The maximum Gasteiger partial charge on any atom is 0.490 e. The number of carboxylic acid groups (broad SMARTS) is 1. The molecule has 2 fully saturated rings. The molecule has 1 spiro atoms. The van der Waals surface area contributed by atoms with Crippen molar-refractivity contribution < 1.29 is 37.0 Å². The number of carboxylic acids is 1. The monoisotopic (exact) mass is 431 g/mol. The summed E-state index contributed by atoms with van der Waals surface area (Å²) in [7, 11) is 0. The normalized spacial score (nSPS) is 25.0. The van der Waals surface area contributed by atoms with Gasteiger partial charge in [-0.25, -0.2) is 9.78 Å². The van der Waals surface area contributed by atoms with E-state index in [2.05, 4.69) is 14.5 Å². The van der Waals surface area contributed by atoms with E-state index in [0.717, 1.165) is 51.6 Å². The number of hydrogen-bond donors (Lipinski definition) is 1. The predicted molar refractivity (Wildman–Crippen MR) is 97.5 cm³/mol. The van der Waals surface area contributed by atoms with E-state index in [1.807, 2.05) is 30.9 Å². The highest BCUT2D eigenvalue weighted by molar-refractivity contribution is 5.73. The van der Waals surface area contributed by atoms with Crippen LogP contribution in [-0.2, 0) is 27.4 Å². The van der Waals surface area contributed by atoms with E-state index in [9.17, 15) is 13.2 Å². The summed E-state index contributed by atoms with van der Waals surface area (Å²) < 4.78 is 51.4. The highest BCUT2D eigenvalue weighted by Gasteiger charge is 2.43. The van der Waals surface area contributed by atoms with Crippen molar-refractivity contribution in [1.82, 2.24) is 14.5 Å². The molecule has 1 N–H and O–H groups in total. The molecule has 0 aromatic carbocycles. The number of ether oxygens (including phenoxy) is 2. The van der Waals surface area contributed by atoms with Gasteiger partial charge in [-0.2, -0.15) is 13.2 Å². The van der Waals surface area contributed by atoms with Crippen LogP contribution >= 0.6 is 0 Å². The van der Waals surface area contributed by atoms with Crippen molar-refractivity contribution in [3.05, 3.63) is 42.9 Å². The Morgan fingerprint density at radius 2 is 2.20 bits per heavy atom. The van der Waals surface area contributed by atoms with Gasteiger partial charge in [0, 0.05) is 37.9 Å². The van der Waals surface area contributed by atoms with E-state index in [1.165, 1.54) is 0 Å². The first kappa shape index (κ1) is 22.3. The number of halogens is 3. The van der Waals surface area contributed by atoms with Gasteiger partial charge in [0.15, 0.2) is 0 Å². The predicted octanol–water partition coefficient (Wildman–Crippen LogP) is 2.42. The molecule has 0 bridgehead atoms. The molecule has 4 heterocycles. The quantitative estimate of drug-likeness (QED) is 0.795. The minimum atomic E-state index is -5.08. The Balaban J connectivity index is 0.000000318. The summed E-state index contributed by atoms with van der Waals surface area (Å²) in [6.07, 6.45) is 3.38. The lowest BCUT2D eigenvalue weighted by Gasteiger charge is -2.30. The summed E-state index contributed by atoms with van der Waals surface area (Å²) in [5.74, 6) is -1.25. The van der Waals surface area contributed by atoms with E-state index < -0.39 is 12.1 Å². The number of imidazole rings is 1. The summed E-state index contributed by atoms with van der Waals surface area (Å²) in [4.78, 5) is 15.4. The molecule has 0 amide bonds. The third-order valence-electron chi connectivity index (χ3n) is 4.94. The zero-order valence-corrected chi connectivity index (χ0v) is 16.3. The molecular weight excluding hydrogens is 407 g/mol. The summed E-state index contributed by atoms with van der Waals surface area (Å²) >= 11 is 0. The lowest BCUT2D eigenvalue weighted by molar-refractivity contribution is -0.192. The van der Waals surface area contributed by atoms with Crippen LogP contribution in [0.1, 0.15) is 12.2 Å². The second-order valence-electron chi connectivity index (χ2n) is 7.47. The van der Waals surface area contributed by atoms with Crippen LogP contribution in [0.25, 0.3) is 0 Å². The Hall–Kier alpha value is -2.37. The highest BCUT2D eigenvalue weighted by atomic mass is 19.4. The van der Waals surface area contributed by atoms with E-state index >= 15 is 0 Å². The van der Waals surface area contributed by atoms with Crippen molar-refractivity contribution >= 4 is 5.97 Å². The average Bonchev–Trinajstić information content (AvgIpc) is 3.40. The molecule has 30 heavy (non-hydrogen) atoms. The number of aliphatic carboxylic acids is 1. The minimum Gasteiger partial charge on any atom is -0.475 e. The van der Waals surface area contributed by atoms with Crippen LogP contribution in [0.4, 0.5) is 13.2 Å². The van der Waals surface area contributed by atoms with E-state index in [4.69, 9.17) is 23.8 Å². The zero-order chi connectivity index (χ0) is 21.6. The van der Waals surface area contributed by atoms with E-state index in [1.54, 1.807) is 6.26 Å². The first-order chi connectivity index (χ1) is 14.3. The molecular formula is C19H24F3N3O5. The first-order valence-corrected chi connectivity index (χ1v) is 9.48. The molecule has 2 aliphatic rings. The van der Waals surface area contributed by atoms with Gasteiger partial charge in [-0.05, 0) is 18.6 Å². The van der Waals surface area contributed by atoms with Crippen LogP contribution in [0.3, 0.4) is 0 Å². The number of hydrogen-bond acceptors (Lipinski definition) is 6. The van der Waals surface area contributed by atoms with Crippen molar-refractivity contribution in [2.24, 2.45) is 5.92 Å². The van der Waals surface area contributed by atoms with Gasteiger partial charge in [-0.3, -0.25) is 4.90 Å². The van der Waals surface area contributed by atoms with Gasteiger partial charge < -0.3 is 23.6 Å². The van der Waals surface area contributed by atoms with Crippen LogP contribution in [0.5, 0.6) is 0 Å². The van der Waals surface area contributed by atoms with Crippen molar-refractivity contribution in [2.45, 2.75) is 31.3 Å². The molecule has 2 atom stereocenters. The van der Waals surface area contributed by atoms with Crippen molar-refractivity contribution in [3.8, 4) is 0 Å². The van der Waals surface area contributed by atoms with Gasteiger partial charge in [0.2, 0.25) is 0 Å². The standard InChI is InChI=1S/C17H23N3O3.C2HF3O2/c1-2-16(22-6-1)10-19-5-7-21-13-17(12-19)8-15(11-23-17)9-20-4-3-18-14-20;3-2(4,5)1(6)7/h1-4,6,14-15H,5,7-13H2;(H,6,7). The second kappa shape index (κ2) is 9.63. The molecule has 2 aliphatic heterocycles. The number of carbonyl (C=O) groups is 1. The fraction of sp³-hybridized carbons (Fsp3) is 0.579. The molecule has 0 saturated carbocycles. The number of rotatable bonds is 4. The lowest BCUT2D eigenvalue weighted by Crippen LogP contribution is -2.43. The van der Waals surface area contributed by atoms with Gasteiger partial charge in [-0.15, -0.1) is 0 Å². The van der Waals surface area contributed by atoms with Gasteiger partial charge >= 0.3 is 12.1 Å². The molecule has 11 heteroatoms. The Morgan fingerprint density at radius 1 is 1.40 bits per heavy atom. The molecule has 166 valence electrons. The zero-order valence-electron chi connectivity index (χ0n) is 16.3. The number of aromatic nitrogens is 2. The maximum absolute atomic E-state index is 10.6. The summed E-state index contributed by atoms with van der Waals surface area (Å²) in [5.41, 5.74) is -0.186. The fourth-order valence-electron chi connectivity index (χ4n) is 3.70. The van der Waals surface area contributed by atoms with Gasteiger partial charge in [0.25, 0.3) is 0 Å². The molecule has 0 aliphatic carbocycles. The first-order valence-electron chi connectivity index (χ1n) is 9.48. The topological polar surface area (TPSA) is 90.0 Å². The van der Waals surface area contributed by atoms with Crippen LogP contribution in [0, 0.1) is 5.92 Å². The van der Waals surface area contributed by atoms with Crippen molar-refractivity contribution in [3.63, 3.8) is 0 Å². The highest BCUT2D eigenvalue weighted by Crippen LogP contribution is 2.34. The van der Waals surface area contributed by atoms with Crippen molar-refractivity contribution in [1.29, 1.82) is 0 Å². The Morgan fingerprint density at radius 3 is 2.83 bits per heavy atom. The Labute approximate surface area is 171 Å². The lowest BCUT2D eigenvalue weighted by atomic mass is 9.94. The molecule has 2 unspecified atom stereocenters. The number of alkyl halides is 3. The smallest absolute Gasteiger partial charge is 0.475 e. The minimum absolute atomic E-state index is 0.186. The molecule has 0 radical (unpaired) electrons. The molecule has 2 aromatic rings. The Bertz CT molecular complexity index is 782. The van der Waals surface area contributed by atoms with Crippen LogP contribution in [0.2, 0.25) is 0 Å². The summed E-state index contributed by atoms with van der Waals surface area (Å²) in [6.45, 7) is 5.80.